The maximum Gasteiger partial charge on any atom is 0.230 e. The van der Waals surface area contributed by atoms with Crippen LogP contribution in [0.25, 0.3) is 11.3 Å². The van der Waals surface area contributed by atoms with E-state index in [1.807, 2.05) is 90.5 Å². The molecule has 3 aromatic carbocycles. The Morgan fingerprint density at radius 3 is 2.38 bits per heavy atom. The van der Waals surface area contributed by atoms with Gasteiger partial charge in [0.15, 0.2) is 18.1 Å². The molecule has 0 bridgehead atoms. The van der Waals surface area contributed by atoms with Crippen molar-refractivity contribution >= 4 is 11.9 Å². The fourth-order valence-electron chi connectivity index (χ4n) is 4.94. The van der Waals surface area contributed by atoms with E-state index in [-0.39, 0.29) is 12.5 Å². The van der Waals surface area contributed by atoms with Gasteiger partial charge in [-0.05, 0) is 30.2 Å². The molecule has 0 spiro atoms. The molecule has 0 aliphatic carbocycles. The van der Waals surface area contributed by atoms with Gasteiger partial charge in [0.2, 0.25) is 11.8 Å². The first-order valence-corrected chi connectivity index (χ1v) is 12.6. The monoisotopic (exact) mass is 513 g/mol. The molecule has 9 heteroatoms. The zero-order valence-corrected chi connectivity index (χ0v) is 21.0. The zero-order chi connectivity index (χ0) is 26.2. The van der Waals surface area contributed by atoms with Gasteiger partial charge in [-0.1, -0.05) is 84.0 Å². The Bertz CT molecular complexity index is 1800. The fourth-order valence-corrected chi connectivity index (χ4v) is 4.94. The van der Waals surface area contributed by atoms with Crippen molar-refractivity contribution in [2.75, 3.05) is 0 Å². The summed E-state index contributed by atoms with van der Waals surface area (Å²) in [7, 11) is 0. The summed E-state index contributed by atoms with van der Waals surface area (Å²) in [5, 5.41) is 13.5. The third-order valence-corrected chi connectivity index (χ3v) is 6.67. The van der Waals surface area contributed by atoms with Crippen LogP contribution in [0.2, 0.25) is 0 Å². The van der Waals surface area contributed by atoms with Crippen molar-refractivity contribution in [3.05, 3.63) is 131 Å². The number of oxime groups is 1. The molecule has 0 N–H and O–H groups in total. The van der Waals surface area contributed by atoms with E-state index in [4.69, 9.17) is 19.7 Å². The van der Waals surface area contributed by atoms with Crippen molar-refractivity contribution < 1.29 is 9.57 Å². The average molecular weight is 514 g/mol. The lowest BCUT2D eigenvalue weighted by Crippen LogP contribution is -2.16. The summed E-state index contributed by atoms with van der Waals surface area (Å²) in [6.07, 6.45) is 3.27. The number of para-hydroxylation sites is 1. The normalized spacial score (nSPS) is 14.2. The Hall–Kier alpha value is -5.31. The Morgan fingerprint density at radius 1 is 0.897 bits per heavy atom. The lowest BCUT2D eigenvalue weighted by molar-refractivity contribution is 0.126. The maximum atomic E-state index is 6.45. The minimum absolute atomic E-state index is 0.118. The van der Waals surface area contributed by atoms with Gasteiger partial charge in [0.05, 0.1) is 34.6 Å². The molecule has 7 rings (SSSR count). The Kier molecular flexibility index (Phi) is 5.59. The predicted molar refractivity (Wildman–Crippen MR) is 145 cm³/mol. The number of rotatable bonds is 6. The zero-order valence-electron chi connectivity index (χ0n) is 21.0. The van der Waals surface area contributed by atoms with Gasteiger partial charge in [-0.3, -0.25) is 0 Å². The highest BCUT2D eigenvalue weighted by molar-refractivity contribution is 5.78. The standard InChI is InChI=1S/C30H23N7O2/c1-20-25-26(22-13-7-3-8-14-22)27-28-33-24(18-38-32-17-21-11-5-2-6-12-21)35-36(28)19-31-29(27)39-30(25)37(34-20)23-15-9-4-10-16-23/h2-17,19,26H,18H2,1H3/b32-17-/t26-/m0/s1. The molecule has 9 nitrogen and oxygen atoms in total. The number of benzene rings is 3. The van der Waals surface area contributed by atoms with Crippen molar-refractivity contribution in [3.63, 3.8) is 0 Å². The summed E-state index contributed by atoms with van der Waals surface area (Å²) in [5.74, 6) is 1.41. The second kappa shape index (κ2) is 9.53. The van der Waals surface area contributed by atoms with Crippen LogP contribution in [0.3, 0.4) is 0 Å². The van der Waals surface area contributed by atoms with E-state index in [0.29, 0.717) is 23.2 Å². The molecule has 0 radical (unpaired) electrons. The van der Waals surface area contributed by atoms with Gasteiger partial charge in [0.1, 0.15) is 6.33 Å². The summed E-state index contributed by atoms with van der Waals surface area (Å²) < 4.78 is 9.96. The molecule has 1 aliphatic heterocycles. The van der Waals surface area contributed by atoms with Gasteiger partial charge < -0.3 is 9.57 Å². The van der Waals surface area contributed by atoms with E-state index in [1.54, 1.807) is 17.1 Å². The minimum Gasteiger partial charge on any atom is -0.420 e. The first kappa shape index (κ1) is 22.9. The molecule has 6 aromatic rings. The van der Waals surface area contributed by atoms with Crippen LogP contribution < -0.4 is 4.74 Å². The highest BCUT2D eigenvalue weighted by Gasteiger charge is 2.38. The van der Waals surface area contributed by atoms with Crippen molar-refractivity contribution in [3.8, 4) is 17.4 Å². The smallest absolute Gasteiger partial charge is 0.230 e. The van der Waals surface area contributed by atoms with E-state index in [0.717, 1.165) is 33.6 Å². The number of hydrogen-bond acceptors (Lipinski definition) is 7. The van der Waals surface area contributed by atoms with Gasteiger partial charge in [-0.2, -0.15) is 5.10 Å². The molecule has 0 amide bonds. The quantitative estimate of drug-likeness (QED) is 0.217. The van der Waals surface area contributed by atoms with Gasteiger partial charge in [0.25, 0.3) is 0 Å². The summed E-state index contributed by atoms with van der Waals surface area (Å²) in [5.41, 5.74) is 6.27. The SMILES string of the molecule is Cc1nn(-c2ccccc2)c2c1[C@H](c1ccccc1)c1c(ncn3nc(CO/N=C\c4ccccc4)nc13)O2. The van der Waals surface area contributed by atoms with E-state index in [1.165, 1.54) is 0 Å². The second-order valence-electron chi connectivity index (χ2n) is 9.18. The predicted octanol–water partition coefficient (Wildman–Crippen LogP) is 5.46. The number of fused-ring (bicyclic) bond motifs is 4. The van der Waals surface area contributed by atoms with Crippen molar-refractivity contribution in [2.24, 2.45) is 5.16 Å². The van der Waals surface area contributed by atoms with Crippen LogP contribution in [0.4, 0.5) is 0 Å². The molecule has 0 fully saturated rings. The molecule has 0 unspecified atom stereocenters. The summed E-state index contributed by atoms with van der Waals surface area (Å²) in [4.78, 5) is 15.0. The Labute approximate surface area is 224 Å². The highest BCUT2D eigenvalue weighted by Crippen LogP contribution is 2.49. The van der Waals surface area contributed by atoms with E-state index >= 15 is 0 Å². The van der Waals surface area contributed by atoms with Gasteiger partial charge in [0, 0.05) is 0 Å². The molecule has 190 valence electrons. The maximum absolute atomic E-state index is 6.45. The van der Waals surface area contributed by atoms with Crippen LogP contribution in [0.15, 0.2) is 102 Å². The molecule has 39 heavy (non-hydrogen) atoms. The van der Waals surface area contributed by atoms with E-state index in [2.05, 4.69) is 27.4 Å². The van der Waals surface area contributed by atoms with Crippen molar-refractivity contribution in [1.29, 1.82) is 0 Å². The molecule has 1 aliphatic rings. The molecular weight excluding hydrogens is 490 g/mol. The molecule has 3 aromatic heterocycles. The van der Waals surface area contributed by atoms with Crippen LogP contribution in [0, 0.1) is 6.92 Å². The number of aromatic nitrogens is 6. The third kappa shape index (κ3) is 4.10. The highest BCUT2D eigenvalue weighted by atomic mass is 16.6. The van der Waals surface area contributed by atoms with Crippen LogP contribution in [0.1, 0.15) is 39.7 Å². The summed E-state index contributed by atoms with van der Waals surface area (Å²) >= 11 is 0. The number of ether oxygens (including phenoxy) is 1. The Balaban J connectivity index is 1.31. The first-order valence-electron chi connectivity index (χ1n) is 12.6. The fraction of sp³-hybridized carbons (Fsp3) is 0.100. The average Bonchev–Trinajstić information content (AvgIpc) is 3.56. The largest absolute Gasteiger partial charge is 0.420 e. The molecule has 0 saturated heterocycles. The van der Waals surface area contributed by atoms with Gasteiger partial charge in [-0.25, -0.2) is 19.2 Å². The molecular formula is C30H23N7O2. The van der Waals surface area contributed by atoms with Crippen molar-refractivity contribution in [1.82, 2.24) is 29.4 Å². The van der Waals surface area contributed by atoms with Crippen molar-refractivity contribution in [2.45, 2.75) is 19.4 Å². The summed E-state index contributed by atoms with van der Waals surface area (Å²) in [6.45, 7) is 2.12. The second-order valence-corrected chi connectivity index (χ2v) is 9.18. The minimum atomic E-state index is -0.201. The molecule has 1 atom stereocenters. The third-order valence-electron chi connectivity index (χ3n) is 6.67. The van der Waals surface area contributed by atoms with Crippen LogP contribution in [-0.4, -0.2) is 35.6 Å². The number of hydrogen-bond donors (Lipinski definition) is 0. The van der Waals surface area contributed by atoms with E-state index in [9.17, 15) is 0 Å². The lowest BCUT2D eigenvalue weighted by Gasteiger charge is -2.26. The van der Waals surface area contributed by atoms with Crippen LogP contribution in [-0.2, 0) is 11.4 Å². The van der Waals surface area contributed by atoms with E-state index < -0.39 is 0 Å². The molecule has 0 saturated carbocycles. The Morgan fingerprint density at radius 2 is 1.62 bits per heavy atom. The lowest BCUT2D eigenvalue weighted by atomic mass is 9.84. The topological polar surface area (TPSA) is 91.7 Å². The number of aryl methyl sites for hydroxylation is 1. The van der Waals surface area contributed by atoms with Crippen LogP contribution >= 0.6 is 0 Å². The number of nitrogens with zero attached hydrogens (tertiary/aromatic N) is 7. The van der Waals surface area contributed by atoms with Gasteiger partial charge in [-0.15, -0.1) is 5.10 Å². The first-order chi connectivity index (χ1) is 19.3. The molecule has 4 heterocycles. The van der Waals surface area contributed by atoms with Crippen LogP contribution in [0.5, 0.6) is 11.8 Å². The van der Waals surface area contributed by atoms with Gasteiger partial charge >= 0.3 is 0 Å². The summed E-state index contributed by atoms with van der Waals surface area (Å²) in [6, 6.07) is 30.0.